The van der Waals surface area contributed by atoms with Gasteiger partial charge in [-0.05, 0) is 49.3 Å². The Balaban J connectivity index is 1.87. The Bertz CT molecular complexity index is 354. The molecule has 1 unspecified atom stereocenters. The molecule has 0 radical (unpaired) electrons. The number of rotatable bonds is 6. The number of hydrogen-bond acceptors (Lipinski definition) is 2. The Morgan fingerprint density at radius 3 is 2.42 bits per heavy atom. The molecule has 0 aliphatic carbocycles. The molecule has 0 amide bonds. The molecule has 2 nitrogen and oxygen atoms in total. The van der Waals surface area contributed by atoms with E-state index in [1.54, 1.807) is 0 Å². The highest BCUT2D eigenvalue weighted by Gasteiger charge is 2.16. The molecule has 1 saturated heterocycles. The maximum Gasteiger partial charge on any atom is 0.0469 e. The van der Waals surface area contributed by atoms with E-state index in [1.165, 1.54) is 24.0 Å². The zero-order chi connectivity index (χ0) is 13.5. The van der Waals surface area contributed by atoms with E-state index < -0.39 is 0 Å². The standard InChI is InChI=1S/C17H27NO/c1-3-14-5-7-16(8-6-14)17(4-2)18-13-15-9-11-19-12-10-15/h5-8,15,17-18H,3-4,9-13H2,1-2H3. The summed E-state index contributed by atoms with van der Waals surface area (Å²) in [4.78, 5) is 0. The summed E-state index contributed by atoms with van der Waals surface area (Å²) in [7, 11) is 0. The Hall–Kier alpha value is -0.860. The van der Waals surface area contributed by atoms with Crippen LogP contribution in [0.5, 0.6) is 0 Å². The van der Waals surface area contributed by atoms with E-state index in [0.29, 0.717) is 6.04 Å². The van der Waals surface area contributed by atoms with Crippen LogP contribution in [0.4, 0.5) is 0 Å². The minimum Gasteiger partial charge on any atom is -0.381 e. The molecule has 1 heterocycles. The van der Waals surface area contributed by atoms with E-state index in [-0.39, 0.29) is 0 Å². The third kappa shape index (κ3) is 4.32. The zero-order valence-corrected chi connectivity index (χ0v) is 12.3. The fourth-order valence-corrected chi connectivity index (χ4v) is 2.74. The van der Waals surface area contributed by atoms with E-state index >= 15 is 0 Å². The lowest BCUT2D eigenvalue weighted by atomic mass is 9.98. The second-order valence-electron chi connectivity index (χ2n) is 5.52. The first-order valence-electron chi connectivity index (χ1n) is 7.73. The summed E-state index contributed by atoms with van der Waals surface area (Å²) >= 11 is 0. The Morgan fingerprint density at radius 1 is 1.16 bits per heavy atom. The highest BCUT2D eigenvalue weighted by Crippen LogP contribution is 2.20. The van der Waals surface area contributed by atoms with Crippen molar-refractivity contribution >= 4 is 0 Å². The van der Waals surface area contributed by atoms with Gasteiger partial charge in [-0.2, -0.15) is 0 Å². The van der Waals surface area contributed by atoms with Gasteiger partial charge in [-0.25, -0.2) is 0 Å². The molecule has 0 bridgehead atoms. The molecule has 0 aromatic heterocycles. The predicted molar refractivity (Wildman–Crippen MR) is 80.4 cm³/mol. The van der Waals surface area contributed by atoms with Gasteiger partial charge < -0.3 is 10.1 Å². The third-order valence-corrected chi connectivity index (χ3v) is 4.19. The topological polar surface area (TPSA) is 21.3 Å². The quantitative estimate of drug-likeness (QED) is 0.842. The number of aryl methyl sites for hydroxylation is 1. The van der Waals surface area contributed by atoms with Crippen molar-refractivity contribution in [2.24, 2.45) is 5.92 Å². The SMILES string of the molecule is CCc1ccc(C(CC)NCC2CCOCC2)cc1. The van der Waals surface area contributed by atoms with Crippen LogP contribution in [0.3, 0.4) is 0 Å². The van der Waals surface area contributed by atoms with Gasteiger partial charge in [0.2, 0.25) is 0 Å². The lowest BCUT2D eigenvalue weighted by Gasteiger charge is -2.25. The van der Waals surface area contributed by atoms with Crippen molar-refractivity contribution in [2.75, 3.05) is 19.8 Å². The van der Waals surface area contributed by atoms with Crippen molar-refractivity contribution in [3.05, 3.63) is 35.4 Å². The van der Waals surface area contributed by atoms with Crippen LogP contribution in [0.15, 0.2) is 24.3 Å². The van der Waals surface area contributed by atoms with Crippen LogP contribution >= 0.6 is 0 Å². The first-order chi connectivity index (χ1) is 9.33. The fraction of sp³-hybridized carbons (Fsp3) is 0.647. The smallest absolute Gasteiger partial charge is 0.0469 e. The maximum atomic E-state index is 5.42. The molecule has 1 fully saturated rings. The van der Waals surface area contributed by atoms with Gasteiger partial charge in [0.05, 0.1) is 0 Å². The van der Waals surface area contributed by atoms with Gasteiger partial charge in [-0.3, -0.25) is 0 Å². The van der Waals surface area contributed by atoms with Crippen molar-refractivity contribution < 1.29 is 4.74 Å². The summed E-state index contributed by atoms with van der Waals surface area (Å²) in [5, 5.41) is 3.74. The molecule has 2 heteroatoms. The van der Waals surface area contributed by atoms with Gasteiger partial charge in [0.1, 0.15) is 0 Å². The average Bonchev–Trinajstić information content (AvgIpc) is 2.49. The molecule has 106 valence electrons. The summed E-state index contributed by atoms with van der Waals surface area (Å²) in [5.41, 5.74) is 2.84. The van der Waals surface area contributed by atoms with Gasteiger partial charge in [0.15, 0.2) is 0 Å². The van der Waals surface area contributed by atoms with Crippen LogP contribution in [0, 0.1) is 5.92 Å². The maximum absolute atomic E-state index is 5.42. The lowest BCUT2D eigenvalue weighted by molar-refractivity contribution is 0.0654. The first kappa shape index (κ1) is 14.5. The molecule has 2 rings (SSSR count). The highest BCUT2D eigenvalue weighted by molar-refractivity contribution is 5.25. The fourth-order valence-electron chi connectivity index (χ4n) is 2.74. The Labute approximate surface area is 117 Å². The Morgan fingerprint density at radius 2 is 1.84 bits per heavy atom. The molecule has 1 aliphatic rings. The molecular formula is C17H27NO. The summed E-state index contributed by atoms with van der Waals surface area (Å²) in [5.74, 6) is 0.790. The van der Waals surface area contributed by atoms with Crippen LogP contribution in [0.2, 0.25) is 0 Å². The molecule has 1 atom stereocenters. The van der Waals surface area contributed by atoms with E-state index in [2.05, 4.69) is 43.4 Å². The highest BCUT2D eigenvalue weighted by atomic mass is 16.5. The Kier molecular flexibility index (Phi) is 5.87. The normalized spacial score (nSPS) is 18.4. The lowest BCUT2D eigenvalue weighted by Crippen LogP contribution is -2.30. The molecule has 1 aromatic rings. The van der Waals surface area contributed by atoms with E-state index in [4.69, 9.17) is 4.74 Å². The third-order valence-electron chi connectivity index (χ3n) is 4.19. The number of nitrogens with one attached hydrogen (secondary N) is 1. The summed E-state index contributed by atoms with van der Waals surface area (Å²) < 4.78 is 5.42. The van der Waals surface area contributed by atoms with E-state index in [0.717, 1.165) is 38.5 Å². The largest absolute Gasteiger partial charge is 0.381 e. The monoisotopic (exact) mass is 261 g/mol. The summed E-state index contributed by atoms with van der Waals surface area (Å²) in [6.07, 6.45) is 4.68. The van der Waals surface area contributed by atoms with Crippen LogP contribution < -0.4 is 5.32 Å². The van der Waals surface area contributed by atoms with Crippen molar-refractivity contribution in [1.29, 1.82) is 0 Å². The van der Waals surface area contributed by atoms with Gasteiger partial charge >= 0.3 is 0 Å². The van der Waals surface area contributed by atoms with Gasteiger partial charge in [-0.15, -0.1) is 0 Å². The van der Waals surface area contributed by atoms with Crippen molar-refractivity contribution in [1.82, 2.24) is 5.32 Å². The second-order valence-corrected chi connectivity index (χ2v) is 5.52. The summed E-state index contributed by atoms with van der Waals surface area (Å²) in [6, 6.07) is 9.57. The molecule has 1 N–H and O–H groups in total. The minimum absolute atomic E-state index is 0.494. The predicted octanol–water partition coefficient (Wildman–Crippen LogP) is 3.72. The van der Waals surface area contributed by atoms with Crippen LogP contribution in [-0.2, 0) is 11.2 Å². The van der Waals surface area contributed by atoms with Gasteiger partial charge in [0, 0.05) is 19.3 Å². The summed E-state index contributed by atoms with van der Waals surface area (Å²) in [6.45, 7) is 7.46. The van der Waals surface area contributed by atoms with Crippen molar-refractivity contribution in [2.45, 2.75) is 45.6 Å². The molecular weight excluding hydrogens is 234 g/mol. The van der Waals surface area contributed by atoms with Crippen LogP contribution in [0.1, 0.15) is 50.3 Å². The van der Waals surface area contributed by atoms with Gasteiger partial charge in [0.25, 0.3) is 0 Å². The first-order valence-corrected chi connectivity index (χ1v) is 7.73. The minimum atomic E-state index is 0.494. The second kappa shape index (κ2) is 7.66. The van der Waals surface area contributed by atoms with Gasteiger partial charge in [-0.1, -0.05) is 38.1 Å². The molecule has 19 heavy (non-hydrogen) atoms. The van der Waals surface area contributed by atoms with Crippen molar-refractivity contribution in [3.8, 4) is 0 Å². The number of benzene rings is 1. The number of ether oxygens (including phenoxy) is 1. The van der Waals surface area contributed by atoms with Crippen LogP contribution in [0.25, 0.3) is 0 Å². The number of hydrogen-bond donors (Lipinski definition) is 1. The van der Waals surface area contributed by atoms with E-state index in [9.17, 15) is 0 Å². The van der Waals surface area contributed by atoms with Crippen molar-refractivity contribution in [3.63, 3.8) is 0 Å². The van der Waals surface area contributed by atoms with Crippen LogP contribution in [-0.4, -0.2) is 19.8 Å². The molecule has 1 aliphatic heterocycles. The molecule has 1 aromatic carbocycles. The zero-order valence-electron chi connectivity index (χ0n) is 12.3. The molecule has 0 saturated carbocycles. The average molecular weight is 261 g/mol. The van der Waals surface area contributed by atoms with E-state index in [1.807, 2.05) is 0 Å². The molecule has 0 spiro atoms.